The molecule has 184 valence electrons. The fraction of sp³-hybridized carbons (Fsp3) is 0. The molecule has 40 heavy (non-hydrogen) atoms. The van der Waals surface area contributed by atoms with Gasteiger partial charge in [0.05, 0.1) is 44.1 Å². The largest absolute Gasteiger partial charge is 0.247 e. The summed E-state index contributed by atoms with van der Waals surface area (Å²) in [5.74, 6) is 0. The third-order valence-corrected chi connectivity index (χ3v) is 7.98. The van der Waals surface area contributed by atoms with Crippen molar-refractivity contribution < 1.29 is 0 Å². The smallest absolute Gasteiger partial charge is 0.0803 e. The summed E-state index contributed by atoms with van der Waals surface area (Å²) in [6.45, 7) is 0. The predicted octanol–water partition coefficient (Wildman–Crippen LogP) is 9.05. The molecular formula is C36H20N4. The van der Waals surface area contributed by atoms with Crippen molar-refractivity contribution in [3.05, 3.63) is 121 Å². The molecule has 0 saturated heterocycles. The first-order valence-corrected chi connectivity index (χ1v) is 13.4. The molecule has 9 aromatic rings. The summed E-state index contributed by atoms with van der Waals surface area (Å²) < 4.78 is 0. The Morgan fingerprint density at radius 3 is 0.750 bits per heavy atom. The van der Waals surface area contributed by atoms with Gasteiger partial charge in [-0.05, 0) is 24.3 Å². The quantitative estimate of drug-likeness (QED) is 0.205. The Balaban J connectivity index is 1.63. The summed E-state index contributed by atoms with van der Waals surface area (Å²) in [4.78, 5) is 20.9. The average molecular weight is 509 g/mol. The molecule has 0 saturated carbocycles. The second-order valence-electron chi connectivity index (χ2n) is 10.3. The highest BCUT2D eigenvalue weighted by atomic mass is 14.7. The van der Waals surface area contributed by atoms with Crippen LogP contribution >= 0.6 is 0 Å². The van der Waals surface area contributed by atoms with E-state index in [0.717, 1.165) is 87.2 Å². The van der Waals surface area contributed by atoms with E-state index in [9.17, 15) is 0 Å². The van der Waals surface area contributed by atoms with Crippen LogP contribution in [0.25, 0.3) is 87.2 Å². The second kappa shape index (κ2) is 8.01. The number of aromatic nitrogens is 4. The molecule has 8 bridgehead atoms. The zero-order valence-corrected chi connectivity index (χ0v) is 21.3. The van der Waals surface area contributed by atoms with E-state index in [1.165, 1.54) is 0 Å². The van der Waals surface area contributed by atoms with Crippen molar-refractivity contribution in [2.24, 2.45) is 0 Å². The van der Waals surface area contributed by atoms with E-state index in [2.05, 4.69) is 121 Å². The van der Waals surface area contributed by atoms with E-state index in [1.54, 1.807) is 0 Å². The number of hydrogen-bond acceptors (Lipinski definition) is 4. The van der Waals surface area contributed by atoms with E-state index in [0.29, 0.717) is 0 Å². The topological polar surface area (TPSA) is 51.6 Å². The Morgan fingerprint density at radius 2 is 0.500 bits per heavy atom. The monoisotopic (exact) mass is 508 g/mol. The summed E-state index contributed by atoms with van der Waals surface area (Å²) in [6, 6.07) is 42.1. The molecule has 0 amide bonds. The van der Waals surface area contributed by atoms with Crippen LogP contribution in [0.5, 0.6) is 0 Å². The standard InChI is InChI=1S/C36H20N4/c1-5-21-13-17-30-26-10-3-7-23-16-20-32(40-35(23)26)28-12-4-8-24-15-19-31(39-36(24)28)27-11-2-6-22-14-18-29(37-34(22)27)25(9-1)33(21)38-30/h1-20H. The van der Waals surface area contributed by atoms with E-state index in [4.69, 9.17) is 19.9 Å². The van der Waals surface area contributed by atoms with Gasteiger partial charge in [-0.25, -0.2) is 19.9 Å². The molecule has 9 rings (SSSR count). The minimum Gasteiger partial charge on any atom is -0.247 e. The molecule has 4 nitrogen and oxygen atoms in total. The molecule has 4 aromatic carbocycles. The van der Waals surface area contributed by atoms with Crippen molar-refractivity contribution in [2.45, 2.75) is 0 Å². The van der Waals surface area contributed by atoms with Gasteiger partial charge in [-0.15, -0.1) is 0 Å². The van der Waals surface area contributed by atoms with Crippen molar-refractivity contribution >= 4 is 87.2 Å². The molecule has 0 radical (unpaired) electrons. The van der Waals surface area contributed by atoms with Crippen LogP contribution in [-0.4, -0.2) is 19.9 Å². The molecule has 0 aliphatic heterocycles. The third kappa shape index (κ3) is 3.07. The fourth-order valence-electron chi connectivity index (χ4n) is 6.02. The van der Waals surface area contributed by atoms with Crippen LogP contribution in [-0.2, 0) is 0 Å². The molecular weight excluding hydrogens is 488 g/mol. The first-order chi connectivity index (χ1) is 19.8. The van der Waals surface area contributed by atoms with Gasteiger partial charge in [0.1, 0.15) is 0 Å². The van der Waals surface area contributed by atoms with Gasteiger partial charge < -0.3 is 0 Å². The highest BCUT2D eigenvalue weighted by Gasteiger charge is 2.09. The van der Waals surface area contributed by atoms with Crippen molar-refractivity contribution in [1.82, 2.24) is 19.9 Å². The number of hydrogen-bond donors (Lipinski definition) is 0. The van der Waals surface area contributed by atoms with Gasteiger partial charge in [-0.1, -0.05) is 97.1 Å². The number of benzene rings is 4. The van der Waals surface area contributed by atoms with Gasteiger partial charge in [0.2, 0.25) is 0 Å². The van der Waals surface area contributed by atoms with E-state index < -0.39 is 0 Å². The van der Waals surface area contributed by atoms with Crippen LogP contribution < -0.4 is 0 Å². The van der Waals surface area contributed by atoms with E-state index >= 15 is 0 Å². The summed E-state index contributed by atoms with van der Waals surface area (Å²) in [7, 11) is 0. The van der Waals surface area contributed by atoms with Crippen molar-refractivity contribution in [3.8, 4) is 0 Å². The van der Waals surface area contributed by atoms with E-state index in [1.807, 2.05) is 0 Å². The molecule has 0 fully saturated rings. The number of nitrogens with zero attached hydrogens (tertiary/aromatic N) is 4. The zero-order valence-electron chi connectivity index (χ0n) is 21.3. The van der Waals surface area contributed by atoms with Crippen LogP contribution in [0.2, 0.25) is 0 Å². The average Bonchev–Trinajstić information content (AvgIpc) is 3.02. The lowest BCUT2D eigenvalue weighted by molar-refractivity contribution is 1.47. The summed E-state index contributed by atoms with van der Waals surface area (Å²) in [5.41, 5.74) is 7.27. The third-order valence-electron chi connectivity index (χ3n) is 7.98. The van der Waals surface area contributed by atoms with Crippen LogP contribution in [0, 0.1) is 0 Å². The number of para-hydroxylation sites is 4. The predicted molar refractivity (Wildman–Crippen MR) is 166 cm³/mol. The maximum Gasteiger partial charge on any atom is 0.0803 e. The lowest BCUT2D eigenvalue weighted by atomic mass is 10.1. The van der Waals surface area contributed by atoms with Crippen molar-refractivity contribution in [2.75, 3.05) is 0 Å². The molecule has 4 heteroatoms. The van der Waals surface area contributed by atoms with Crippen LogP contribution in [0.3, 0.4) is 0 Å². The van der Waals surface area contributed by atoms with Gasteiger partial charge in [-0.2, -0.15) is 0 Å². The molecule has 5 heterocycles. The number of fused-ring (bicyclic) bond motifs is 8. The van der Waals surface area contributed by atoms with Crippen LogP contribution in [0.15, 0.2) is 121 Å². The first kappa shape index (κ1) is 21.5. The fourth-order valence-corrected chi connectivity index (χ4v) is 6.02. The highest BCUT2D eigenvalue weighted by Crippen LogP contribution is 2.30. The number of rotatable bonds is 0. The summed E-state index contributed by atoms with van der Waals surface area (Å²) in [5, 5.41) is 8.33. The maximum absolute atomic E-state index is 5.23. The van der Waals surface area contributed by atoms with Gasteiger partial charge in [0, 0.05) is 43.1 Å². The molecule has 0 aliphatic rings. The van der Waals surface area contributed by atoms with Gasteiger partial charge in [0.25, 0.3) is 0 Å². The minimum atomic E-state index is 0.891. The first-order valence-electron chi connectivity index (χ1n) is 13.4. The lowest BCUT2D eigenvalue weighted by Crippen LogP contribution is -1.89. The maximum atomic E-state index is 5.23. The molecule has 0 spiro atoms. The van der Waals surface area contributed by atoms with Gasteiger partial charge in [0.15, 0.2) is 0 Å². The minimum absolute atomic E-state index is 0.891. The lowest BCUT2D eigenvalue weighted by Gasteiger charge is -2.07. The molecule has 5 aromatic heterocycles. The van der Waals surface area contributed by atoms with Gasteiger partial charge >= 0.3 is 0 Å². The highest BCUT2D eigenvalue weighted by molar-refractivity contribution is 6.12. The van der Waals surface area contributed by atoms with Gasteiger partial charge in [-0.3, -0.25) is 0 Å². The summed E-state index contributed by atoms with van der Waals surface area (Å²) >= 11 is 0. The molecule has 0 aliphatic carbocycles. The molecule has 0 unspecified atom stereocenters. The second-order valence-corrected chi connectivity index (χ2v) is 10.3. The Hall–Kier alpha value is -5.48. The summed E-state index contributed by atoms with van der Waals surface area (Å²) in [6.07, 6.45) is 0. The number of pyridine rings is 4. The van der Waals surface area contributed by atoms with Crippen LogP contribution in [0.1, 0.15) is 0 Å². The van der Waals surface area contributed by atoms with Crippen molar-refractivity contribution in [3.63, 3.8) is 0 Å². The Labute approximate surface area is 228 Å². The Morgan fingerprint density at radius 1 is 0.250 bits per heavy atom. The SMILES string of the molecule is c1cc2ccc3nc2c(c1)c1ccc2cccc(c4ccc5cccc(c6ccc7cccc3c7n6)c5n4)c2n1. The van der Waals surface area contributed by atoms with E-state index in [-0.39, 0.29) is 0 Å². The molecule has 0 atom stereocenters. The van der Waals surface area contributed by atoms with Crippen molar-refractivity contribution in [1.29, 1.82) is 0 Å². The van der Waals surface area contributed by atoms with Crippen LogP contribution in [0.4, 0.5) is 0 Å². The Bertz CT molecular complexity index is 2190. The normalized spacial score (nSPS) is 12.0. The zero-order chi connectivity index (χ0) is 26.2. The Kier molecular flexibility index (Phi) is 4.30. The molecule has 0 N–H and O–H groups in total.